The Bertz CT molecular complexity index is 1600. The van der Waals surface area contributed by atoms with Crippen LogP contribution in [0.1, 0.15) is 51.7 Å². The van der Waals surface area contributed by atoms with Gasteiger partial charge >= 0.3 is 11.7 Å². The number of allylic oxidation sites excluding steroid dienone is 2. The van der Waals surface area contributed by atoms with E-state index in [1.807, 2.05) is 26.0 Å². The van der Waals surface area contributed by atoms with Gasteiger partial charge < -0.3 is 15.0 Å². The maximum absolute atomic E-state index is 13.1. The van der Waals surface area contributed by atoms with Gasteiger partial charge in [0.25, 0.3) is 11.5 Å². The molecule has 204 valence electrons. The first-order chi connectivity index (χ1) is 18.6. The zero-order valence-electron chi connectivity index (χ0n) is 22.5. The van der Waals surface area contributed by atoms with Crippen LogP contribution in [-0.2, 0) is 27.2 Å². The second-order valence-corrected chi connectivity index (χ2v) is 10.3. The fraction of sp³-hybridized carbons (Fsp3) is 0.333. The number of carbonyl (C=O) groups is 2. The smallest absolute Gasteiger partial charge is 0.333 e. The summed E-state index contributed by atoms with van der Waals surface area (Å²) < 4.78 is 6.48. The molecule has 1 heterocycles. The molecule has 4 rings (SSSR count). The third-order valence-corrected chi connectivity index (χ3v) is 7.03. The highest BCUT2D eigenvalue weighted by atomic mass is 35.5. The van der Waals surface area contributed by atoms with Crippen molar-refractivity contribution in [3.63, 3.8) is 0 Å². The molecule has 0 fully saturated rings. The topological polar surface area (TPSA) is 110 Å². The Balaban J connectivity index is 1.61. The molecule has 3 aromatic rings. The van der Waals surface area contributed by atoms with E-state index >= 15 is 0 Å². The van der Waals surface area contributed by atoms with Crippen LogP contribution in [0, 0.1) is 0 Å². The highest BCUT2D eigenvalue weighted by Crippen LogP contribution is 2.28. The van der Waals surface area contributed by atoms with Gasteiger partial charge in [0, 0.05) is 11.5 Å². The molecule has 2 N–H and O–H groups in total. The van der Waals surface area contributed by atoms with Gasteiger partial charge in [0.05, 0.1) is 28.3 Å². The largest absolute Gasteiger partial charge is 0.461 e. The van der Waals surface area contributed by atoms with E-state index in [0.717, 1.165) is 28.5 Å². The van der Waals surface area contributed by atoms with Crippen molar-refractivity contribution in [2.75, 3.05) is 0 Å². The lowest BCUT2D eigenvalue weighted by atomic mass is 9.97. The summed E-state index contributed by atoms with van der Waals surface area (Å²) in [5.74, 6) is -0.999. The summed E-state index contributed by atoms with van der Waals surface area (Å²) >= 11 is 6.30. The third-order valence-electron chi connectivity index (χ3n) is 6.68. The first-order valence-corrected chi connectivity index (χ1v) is 13.4. The quantitative estimate of drug-likeness (QED) is 0.403. The van der Waals surface area contributed by atoms with Crippen LogP contribution < -0.4 is 16.6 Å². The van der Waals surface area contributed by atoms with E-state index in [9.17, 15) is 19.2 Å². The zero-order chi connectivity index (χ0) is 28.3. The summed E-state index contributed by atoms with van der Waals surface area (Å²) in [6.45, 7) is 7.33. The Morgan fingerprint density at radius 2 is 1.79 bits per heavy atom. The van der Waals surface area contributed by atoms with Gasteiger partial charge in [0.15, 0.2) is 0 Å². The lowest BCUT2D eigenvalue weighted by molar-refractivity contribution is -0.151. The molecule has 1 unspecified atom stereocenters. The van der Waals surface area contributed by atoms with Gasteiger partial charge in [-0.25, -0.2) is 14.2 Å². The summed E-state index contributed by atoms with van der Waals surface area (Å²) in [5.41, 5.74) is 2.88. The molecule has 39 heavy (non-hydrogen) atoms. The number of aromatic nitrogens is 2. The number of ether oxygens (including phenoxy) is 1. The van der Waals surface area contributed by atoms with E-state index in [0.29, 0.717) is 39.2 Å². The van der Waals surface area contributed by atoms with E-state index in [4.69, 9.17) is 16.3 Å². The van der Waals surface area contributed by atoms with Crippen LogP contribution >= 0.6 is 11.6 Å². The molecule has 1 aliphatic rings. The normalized spacial score (nSPS) is 14.4. The molecule has 8 nitrogen and oxygen atoms in total. The molecule has 1 amide bonds. The van der Waals surface area contributed by atoms with Crippen LogP contribution in [0.15, 0.2) is 74.3 Å². The van der Waals surface area contributed by atoms with Crippen LogP contribution in [-0.4, -0.2) is 33.6 Å². The molecule has 0 aliphatic heterocycles. The predicted molar refractivity (Wildman–Crippen MR) is 152 cm³/mol. The van der Waals surface area contributed by atoms with Gasteiger partial charge in [0.2, 0.25) is 0 Å². The average Bonchev–Trinajstić information content (AvgIpc) is 2.88. The lowest BCUT2D eigenvalue weighted by Gasteiger charge is -2.22. The SMILES string of the molecule is CCc1ccc2c(=O)n(-c3ccc(CC(NC(=O)C4=C(C)CCC=C4Cl)C(=O)OC(C)C)cc3)c(=O)[nH]c2c1. The van der Waals surface area contributed by atoms with Crippen LogP contribution in [0.2, 0.25) is 0 Å². The van der Waals surface area contributed by atoms with E-state index in [-0.39, 0.29) is 12.5 Å². The number of nitrogens with one attached hydrogen (secondary N) is 2. The van der Waals surface area contributed by atoms with E-state index in [1.165, 1.54) is 0 Å². The van der Waals surface area contributed by atoms with Crippen LogP contribution in [0.25, 0.3) is 16.6 Å². The Hall–Kier alpha value is -3.91. The van der Waals surface area contributed by atoms with Gasteiger partial charge in [-0.15, -0.1) is 0 Å². The number of hydrogen-bond acceptors (Lipinski definition) is 5. The highest BCUT2D eigenvalue weighted by molar-refractivity contribution is 6.35. The van der Waals surface area contributed by atoms with E-state index in [2.05, 4.69) is 10.3 Å². The Labute approximate surface area is 231 Å². The first-order valence-electron chi connectivity index (χ1n) is 13.0. The van der Waals surface area contributed by atoms with Crippen LogP contribution in [0.3, 0.4) is 0 Å². The van der Waals surface area contributed by atoms with Gasteiger partial charge in [0.1, 0.15) is 6.04 Å². The molecule has 0 saturated carbocycles. The molecule has 0 spiro atoms. The van der Waals surface area contributed by atoms with Crippen molar-refractivity contribution in [3.05, 3.63) is 96.7 Å². The van der Waals surface area contributed by atoms with Gasteiger partial charge in [-0.1, -0.05) is 48.4 Å². The molecule has 0 bridgehead atoms. The van der Waals surface area contributed by atoms with Gasteiger partial charge in [-0.05, 0) is 75.4 Å². The molecule has 2 aromatic carbocycles. The number of amides is 1. The fourth-order valence-corrected chi connectivity index (χ4v) is 4.98. The summed E-state index contributed by atoms with van der Waals surface area (Å²) in [6.07, 6.45) is 3.84. The second kappa shape index (κ2) is 11.9. The van der Waals surface area contributed by atoms with E-state index in [1.54, 1.807) is 50.3 Å². The van der Waals surface area contributed by atoms with Crippen molar-refractivity contribution in [3.8, 4) is 5.69 Å². The number of H-pyrrole nitrogens is 1. The van der Waals surface area contributed by atoms with E-state index < -0.39 is 29.2 Å². The standard InChI is InChI=1S/C30H32ClN3O5/c1-5-19-11-14-22-24(15-19)33-30(38)34(28(22)36)21-12-9-20(10-13-21)16-25(29(37)39-17(2)3)32-27(35)26-18(4)7-6-8-23(26)31/h8-15,17,25H,5-7,16H2,1-4H3,(H,32,35)(H,33,38). The van der Waals surface area contributed by atoms with Gasteiger partial charge in [-0.3, -0.25) is 9.59 Å². The summed E-state index contributed by atoms with van der Waals surface area (Å²) in [7, 11) is 0. The number of benzene rings is 2. The summed E-state index contributed by atoms with van der Waals surface area (Å²) in [6, 6.07) is 11.1. The number of nitrogens with zero attached hydrogens (tertiary/aromatic N) is 1. The molecule has 0 saturated heterocycles. The van der Waals surface area contributed by atoms with Crippen molar-refractivity contribution >= 4 is 34.4 Å². The average molecular weight is 550 g/mol. The Kier molecular flexibility index (Phi) is 8.55. The van der Waals surface area contributed by atoms with Crippen molar-refractivity contribution < 1.29 is 14.3 Å². The molecule has 0 radical (unpaired) electrons. The molecule has 1 atom stereocenters. The highest BCUT2D eigenvalue weighted by Gasteiger charge is 2.27. The second-order valence-electron chi connectivity index (χ2n) is 9.93. The molecular weight excluding hydrogens is 518 g/mol. The number of esters is 1. The number of carbonyl (C=O) groups excluding carboxylic acids is 2. The van der Waals surface area contributed by atoms with Crippen LogP contribution in [0.5, 0.6) is 0 Å². The Morgan fingerprint density at radius 1 is 1.10 bits per heavy atom. The lowest BCUT2D eigenvalue weighted by Crippen LogP contribution is -2.45. The van der Waals surface area contributed by atoms with Gasteiger partial charge in [-0.2, -0.15) is 0 Å². The Morgan fingerprint density at radius 3 is 2.44 bits per heavy atom. The molecule has 1 aromatic heterocycles. The number of hydrogen-bond donors (Lipinski definition) is 2. The zero-order valence-corrected chi connectivity index (χ0v) is 23.2. The van der Waals surface area contributed by atoms with Crippen LogP contribution in [0.4, 0.5) is 0 Å². The number of rotatable bonds is 8. The number of halogens is 1. The van der Waals surface area contributed by atoms with Crippen molar-refractivity contribution in [2.45, 2.75) is 65.5 Å². The number of aryl methyl sites for hydroxylation is 1. The minimum Gasteiger partial charge on any atom is -0.461 e. The minimum atomic E-state index is -0.961. The summed E-state index contributed by atoms with van der Waals surface area (Å²) in [5, 5.41) is 3.57. The maximum Gasteiger partial charge on any atom is 0.333 e. The molecule has 1 aliphatic carbocycles. The molecular formula is C30H32ClN3O5. The van der Waals surface area contributed by atoms with Crippen molar-refractivity contribution in [1.29, 1.82) is 0 Å². The molecule has 9 heteroatoms. The van der Waals surface area contributed by atoms with Crippen molar-refractivity contribution in [1.82, 2.24) is 14.9 Å². The maximum atomic E-state index is 13.1. The first kappa shape index (κ1) is 28.1. The summed E-state index contributed by atoms with van der Waals surface area (Å²) in [4.78, 5) is 54.7. The number of fused-ring (bicyclic) bond motifs is 1. The minimum absolute atomic E-state index is 0.147. The predicted octanol–water partition coefficient (Wildman–Crippen LogP) is 4.45. The monoisotopic (exact) mass is 549 g/mol. The number of aromatic amines is 1. The fourth-order valence-electron chi connectivity index (χ4n) is 4.62. The third kappa shape index (κ3) is 6.23. The van der Waals surface area contributed by atoms with Crippen molar-refractivity contribution in [2.24, 2.45) is 0 Å².